The highest BCUT2D eigenvalue weighted by molar-refractivity contribution is 5.95. The van der Waals surface area contributed by atoms with Gasteiger partial charge >= 0.3 is 6.18 Å². The highest BCUT2D eigenvalue weighted by atomic mass is 19.4. The van der Waals surface area contributed by atoms with Gasteiger partial charge in [-0.3, -0.25) is 4.79 Å². The maximum Gasteiger partial charge on any atom is 0.406 e. The van der Waals surface area contributed by atoms with Gasteiger partial charge in [-0.05, 0) is 32.9 Å². The van der Waals surface area contributed by atoms with E-state index in [4.69, 9.17) is 14.2 Å². The Kier molecular flexibility index (Phi) is 8.28. The van der Waals surface area contributed by atoms with Gasteiger partial charge in [0.2, 0.25) is 5.75 Å². The average Bonchev–Trinajstić information content (AvgIpc) is 2.55. The minimum atomic E-state index is -4.52. The van der Waals surface area contributed by atoms with Crippen LogP contribution in [0.3, 0.4) is 0 Å². The Morgan fingerprint density at radius 3 is 1.96 bits per heavy atom. The molecule has 8 heteroatoms. The summed E-state index contributed by atoms with van der Waals surface area (Å²) in [5.41, 5.74) is 0.0199. The molecular weight excluding hydrogens is 351 g/mol. The zero-order chi connectivity index (χ0) is 19.7. The van der Waals surface area contributed by atoms with Crippen molar-refractivity contribution < 1.29 is 32.2 Å². The van der Waals surface area contributed by atoms with Gasteiger partial charge in [0, 0.05) is 12.1 Å². The Labute approximate surface area is 151 Å². The molecule has 0 bridgehead atoms. The van der Waals surface area contributed by atoms with Crippen molar-refractivity contribution in [1.29, 1.82) is 0 Å². The zero-order valence-electron chi connectivity index (χ0n) is 15.2. The van der Waals surface area contributed by atoms with Crippen LogP contribution in [0.15, 0.2) is 24.8 Å². The molecular formula is C18H24F3NO4. The minimum Gasteiger partial charge on any atom is -0.490 e. The number of carbonyl (C=O) groups is 1. The normalized spacial score (nSPS) is 11.0. The second kappa shape index (κ2) is 9.94. The molecule has 5 nitrogen and oxygen atoms in total. The Morgan fingerprint density at radius 1 is 1.08 bits per heavy atom. The van der Waals surface area contributed by atoms with Crippen molar-refractivity contribution in [1.82, 2.24) is 4.90 Å². The van der Waals surface area contributed by atoms with Crippen molar-refractivity contribution in [2.24, 2.45) is 0 Å². The van der Waals surface area contributed by atoms with E-state index in [1.807, 2.05) is 0 Å². The number of hydrogen-bond donors (Lipinski definition) is 0. The number of hydrogen-bond acceptors (Lipinski definition) is 4. The highest BCUT2D eigenvalue weighted by Crippen LogP contribution is 2.39. The topological polar surface area (TPSA) is 48.0 Å². The van der Waals surface area contributed by atoms with Gasteiger partial charge in [0.15, 0.2) is 11.5 Å². The van der Waals surface area contributed by atoms with Crippen molar-refractivity contribution in [3.05, 3.63) is 30.4 Å². The number of alkyl halides is 3. The van der Waals surface area contributed by atoms with E-state index < -0.39 is 18.6 Å². The molecule has 0 aliphatic rings. The van der Waals surface area contributed by atoms with Crippen molar-refractivity contribution in [2.45, 2.75) is 26.9 Å². The molecule has 0 N–H and O–H groups in total. The predicted octanol–water partition coefficient (Wildman–Crippen LogP) is 4.07. The van der Waals surface area contributed by atoms with Gasteiger partial charge in [0.1, 0.15) is 6.54 Å². The number of halogens is 3. The number of benzene rings is 1. The van der Waals surface area contributed by atoms with E-state index in [0.29, 0.717) is 30.5 Å². The first-order valence-corrected chi connectivity index (χ1v) is 8.30. The minimum absolute atomic E-state index is 0.0199. The molecule has 0 aliphatic heterocycles. The van der Waals surface area contributed by atoms with E-state index >= 15 is 0 Å². The summed E-state index contributed by atoms with van der Waals surface area (Å²) in [4.78, 5) is 13.3. The number of amides is 1. The molecule has 0 atom stereocenters. The summed E-state index contributed by atoms with van der Waals surface area (Å²) in [5.74, 6) is 0.00875. The lowest BCUT2D eigenvalue weighted by molar-refractivity contribution is -0.139. The average molecular weight is 375 g/mol. The van der Waals surface area contributed by atoms with Crippen molar-refractivity contribution in [2.75, 3.05) is 32.9 Å². The van der Waals surface area contributed by atoms with Crippen molar-refractivity contribution in [3.63, 3.8) is 0 Å². The summed E-state index contributed by atoms with van der Waals surface area (Å²) >= 11 is 0. The molecule has 0 spiro atoms. The van der Waals surface area contributed by atoms with Crippen LogP contribution in [0.1, 0.15) is 31.1 Å². The van der Waals surface area contributed by atoms with Crippen LogP contribution in [0.4, 0.5) is 13.2 Å². The molecule has 0 aromatic heterocycles. The fourth-order valence-electron chi connectivity index (χ4n) is 2.29. The molecule has 1 aromatic carbocycles. The third kappa shape index (κ3) is 6.16. The highest BCUT2D eigenvalue weighted by Gasteiger charge is 2.33. The van der Waals surface area contributed by atoms with E-state index in [1.165, 1.54) is 18.2 Å². The van der Waals surface area contributed by atoms with Crippen LogP contribution in [-0.2, 0) is 0 Å². The molecule has 0 saturated carbocycles. The van der Waals surface area contributed by atoms with Gasteiger partial charge in [-0.15, -0.1) is 6.58 Å². The lowest BCUT2D eigenvalue weighted by Crippen LogP contribution is -2.39. The summed E-state index contributed by atoms with van der Waals surface area (Å²) in [6, 6.07) is 2.73. The number of ether oxygens (including phenoxy) is 3. The monoisotopic (exact) mass is 375 g/mol. The van der Waals surface area contributed by atoms with Gasteiger partial charge in [0.25, 0.3) is 5.91 Å². The summed E-state index contributed by atoms with van der Waals surface area (Å²) in [6.07, 6.45) is -3.28. The van der Waals surface area contributed by atoms with E-state index in [9.17, 15) is 18.0 Å². The van der Waals surface area contributed by atoms with Gasteiger partial charge in [0.05, 0.1) is 19.8 Å². The van der Waals surface area contributed by atoms with Crippen LogP contribution in [0.5, 0.6) is 17.2 Å². The fourth-order valence-corrected chi connectivity index (χ4v) is 2.29. The third-order valence-electron chi connectivity index (χ3n) is 3.16. The van der Waals surface area contributed by atoms with Crippen molar-refractivity contribution >= 4 is 5.91 Å². The summed E-state index contributed by atoms with van der Waals surface area (Å²) in [5, 5.41) is 0. The van der Waals surface area contributed by atoms with E-state index in [-0.39, 0.29) is 23.6 Å². The van der Waals surface area contributed by atoms with E-state index in [0.717, 1.165) is 0 Å². The first kappa shape index (κ1) is 21.7. The number of rotatable bonds is 10. The van der Waals surface area contributed by atoms with E-state index in [2.05, 4.69) is 6.58 Å². The van der Waals surface area contributed by atoms with Gasteiger partial charge in [-0.25, -0.2) is 0 Å². The molecule has 1 amide bonds. The van der Waals surface area contributed by atoms with Gasteiger partial charge in [-0.2, -0.15) is 13.2 Å². The standard InChI is InChI=1S/C18H24F3NO4/c1-5-9-22(12-18(19,20)21)17(23)13-10-14(24-6-2)16(26-8-4)15(11-13)25-7-3/h5,10-11H,1,6-9,12H2,2-4H3. The number of nitrogens with zero attached hydrogens (tertiary/aromatic N) is 1. The zero-order valence-corrected chi connectivity index (χ0v) is 15.2. The summed E-state index contributed by atoms with van der Waals surface area (Å²) in [6.45, 7) is 7.99. The Hall–Kier alpha value is -2.38. The maximum atomic E-state index is 12.8. The molecule has 0 radical (unpaired) electrons. The molecule has 146 valence electrons. The van der Waals surface area contributed by atoms with Crippen LogP contribution in [-0.4, -0.2) is 49.9 Å². The maximum absolute atomic E-state index is 12.8. The largest absolute Gasteiger partial charge is 0.490 e. The molecule has 0 aliphatic carbocycles. The van der Waals surface area contributed by atoms with Gasteiger partial charge < -0.3 is 19.1 Å². The molecule has 0 fully saturated rings. The second-order valence-electron chi connectivity index (χ2n) is 5.19. The van der Waals surface area contributed by atoms with Crippen LogP contribution in [0, 0.1) is 0 Å². The third-order valence-corrected chi connectivity index (χ3v) is 3.16. The fraction of sp³-hybridized carbons (Fsp3) is 0.500. The molecule has 0 unspecified atom stereocenters. The van der Waals surface area contributed by atoms with Crippen LogP contribution >= 0.6 is 0 Å². The lowest BCUT2D eigenvalue weighted by Gasteiger charge is -2.24. The molecule has 0 heterocycles. The first-order valence-electron chi connectivity index (χ1n) is 8.30. The predicted molar refractivity (Wildman–Crippen MR) is 92.1 cm³/mol. The Bertz CT molecular complexity index is 590. The summed E-state index contributed by atoms with van der Waals surface area (Å²) < 4.78 is 54.8. The molecule has 1 aromatic rings. The Balaban J connectivity index is 3.35. The van der Waals surface area contributed by atoms with E-state index in [1.54, 1.807) is 20.8 Å². The quantitative estimate of drug-likeness (QED) is 0.579. The van der Waals surface area contributed by atoms with Crippen molar-refractivity contribution in [3.8, 4) is 17.2 Å². The Morgan fingerprint density at radius 2 is 1.58 bits per heavy atom. The first-order chi connectivity index (χ1) is 12.3. The van der Waals surface area contributed by atoms with Crippen LogP contribution in [0.25, 0.3) is 0 Å². The SMILES string of the molecule is C=CCN(CC(F)(F)F)C(=O)c1cc(OCC)c(OCC)c(OCC)c1. The molecule has 1 rings (SSSR count). The lowest BCUT2D eigenvalue weighted by atomic mass is 10.1. The molecule has 0 saturated heterocycles. The van der Waals surface area contributed by atoms with Crippen LogP contribution in [0.2, 0.25) is 0 Å². The second-order valence-corrected chi connectivity index (χ2v) is 5.19. The smallest absolute Gasteiger partial charge is 0.406 e. The number of carbonyl (C=O) groups excluding carboxylic acids is 1. The van der Waals surface area contributed by atoms with Gasteiger partial charge in [-0.1, -0.05) is 6.08 Å². The summed E-state index contributed by atoms with van der Waals surface area (Å²) in [7, 11) is 0. The van der Waals surface area contributed by atoms with Crippen LogP contribution < -0.4 is 14.2 Å². The molecule has 26 heavy (non-hydrogen) atoms.